The van der Waals surface area contributed by atoms with Crippen molar-refractivity contribution in [2.24, 2.45) is 0 Å². The van der Waals surface area contributed by atoms with Crippen LogP contribution in [0.4, 0.5) is 21.2 Å². The smallest absolute Gasteiger partial charge is 0.410 e. The summed E-state index contributed by atoms with van der Waals surface area (Å²) >= 11 is 0. The van der Waals surface area contributed by atoms with Gasteiger partial charge in [-0.05, 0) is 104 Å². The van der Waals surface area contributed by atoms with Gasteiger partial charge < -0.3 is 36.3 Å². The minimum absolute atomic E-state index is 0. The summed E-state index contributed by atoms with van der Waals surface area (Å²) in [7, 11) is 0. The molecule has 0 spiro atoms. The number of amides is 3. The molecule has 4 unspecified atom stereocenters. The molecule has 6 heterocycles. The number of hydrogen-bond donors (Lipinski definition) is 4. The molecule has 312 valence electrons. The number of nitrogens with two attached hydrogens (primary N) is 2. The summed E-state index contributed by atoms with van der Waals surface area (Å²) in [6.45, 7) is 14.2. The first-order valence-electron chi connectivity index (χ1n) is 17.6. The van der Waals surface area contributed by atoms with Crippen molar-refractivity contribution in [1.82, 2.24) is 30.0 Å². The summed E-state index contributed by atoms with van der Waals surface area (Å²) in [5.74, 6) is -0.339. The molecule has 55 heavy (non-hydrogen) atoms. The normalized spacial score (nSPS) is 21.0. The molecule has 2 aromatic rings. The number of carboxylic acid groups (broad SMARTS) is 1. The summed E-state index contributed by atoms with van der Waals surface area (Å²) in [5, 5.41) is 11.8. The van der Waals surface area contributed by atoms with Crippen LogP contribution in [0.15, 0.2) is 36.7 Å². The van der Waals surface area contributed by atoms with Gasteiger partial charge in [0, 0.05) is 50.7 Å². The Hall–Kier alpha value is -4.66. The third kappa shape index (κ3) is 14.5. The Labute approximate surface area is 329 Å². The number of likely N-dealkylation sites (tertiary alicyclic amines) is 1. The summed E-state index contributed by atoms with van der Waals surface area (Å²) in [6, 6.07) is 6.87. The van der Waals surface area contributed by atoms with Crippen LogP contribution in [-0.4, -0.2) is 115 Å². The quantitative estimate of drug-likeness (QED) is 0.245. The van der Waals surface area contributed by atoms with E-state index in [4.69, 9.17) is 26.0 Å². The largest absolute Gasteiger partial charge is 0.478 e. The van der Waals surface area contributed by atoms with Crippen molar-refractivity contribution in [3.8, 4) is 0 Å². The molecular weight excluding hydrogens is 704 g/mol. The van der Waals surface area contributed by atoms with Gasteiger partial charge in [-0.3, -0.25) is 14.6 Å². The van der Waals surface area contributed by atoms with E-state index in [1.807, 2.05) is 56.2 Å². The number of pyridine rings is 2. The highest BCUT2D eigenvalue weighted by atomic mass is 16.6. The van der Waals surface area contributed by atoms with Crippen LogP contribution in [0.2, 0.25) is 0 Å². The number of aromatic nitrogens is 2. The maximum absolute atomic E-state index is 12.8. The standard InChI is InChI=1S/C18H26N4O3.C12H22N2O2.C6H6N2O2.4CH4/c1-18(2,3)25-17(24)22-13-5-4-6-14(22)11-21(10-13)16(23)12-7-8-15(19)20-9-12;1-12(2,3)16-11(15)14-9-5-4-6-10(14)8-13-7-9;7-5-2-1-4(3-8-5)6(9)10;;;;/h7-9,13-14H,4-6,10-11H2,1-3H3,(H2,19,20);9-10,13H,4-8H2,1-3H3;1-3H,(H2,7,8)(H,9,10);4*1H4. The number of carbonyl (C=O) groups excluding carboxylic acids is 3. The molecule has 0 aliphatic carbocycles. The maximum Gasteiger partial charge on any atom is 0.410 e. The van der Waals surface area contributed by atoms with Crippen molar-refractivity contribution in [3.05, 3.63) is 47.8 Å². The molecule has 2 aromatic heterocycles. The maximum atomic E-state index is 12.8. The first-order chi connectivity index (χ1) is 23.9. The average Bonchev–Trinajstić information content (AvgIpc) is 3.03. The lowest BCUT2D eigenvalue weighted by molar-refractivity contribution is -0.0335. The number of anilines is 2. The fraction of sp³-hybridized carbons (Fsp3) is 0.650. The number of aromatic carboxylic acids is 1. The lowest BCUT2D eigenvalue weighted by atomic mass is 9.91. The van der Waals surface area contributed by atoms with Gasteiger partial charge in [-0.25, -0.2) is 24.4 Å². The first kappa shape index (κ1) is 50.3. The molecule has 0 aromatic carbocycles. The minimum Gasteiger partial charge on any atom is -0.478 e. The van der Waals surface area contributed by atoms with E-state index < -0.39 is 17.2 Å². The third-order valence-corrected chi connectivity index (χ3v) is 8.91. The number of ether oxygens (including phenoxy) is 2. The number of piperidine rings is 2. The van der Waals surface area contributed by atoms with E-state index in [2.05, 4.69) is 15.3 Å². The molecule has 15 heteroatoms. The summed E-state index contributed by atoms with van der Waals surface area (Å²) < 4.78 is 11.0. The lowest BCUT2D eigenvalue weighted by Gasteiger charge is -2.49. The van der Waals surface area contributed by atoms with Crippen LogP contribution < -0.4 is 16.8 Å². The van der Waals surface area contributed by atoms with Gasteiger partial charge in [0.15, 0.2) is 0 Å². The SMILES string of the molecule is C.C.C.C.CC(C)(C)OC(=O)N1C2CCCC1CN(C(=O)c1ccc(N)nc1)C2.CC(C)(C)OC(=O)N1C2CCCC1CNC2.Nc1ccc(C(=O)O)cn1. The van der Waals surface area contributed by atoms with Gasteiger partial charge in [-0.15, -0.1) is 0 Å². The van der Waals surface area contributed by atoms with Crippen LogP contribution >= 0.6 is 0 Å². The van der Waals surface area contributed by atoms with Crippen LogP contribution in [0, 0.1) is 0 Å². The van der Waals surface area contributed by atoms with Gasteiger partial charge in [0.25, 0.3) is 5.91 Å². The molecule has 0 saturated carbocycles. The van der Waals surface area contributed by atoms with E-state index in [-0.39, 0.29) is 65.4 Å². The van der Waals surface area contributed by atoms with Crippen molar-refractivity contribution < 1.29 is 33.8 Å². The van der Waals surface area contributed by atoms with Gasteiger partial charge in [-0.1, -0.05) is 29.7 Å². The predicted molar refractivity (Wildman–Crippen MR) is 219 cm³/mol. The molecule has 4 atom stereocenters. The number of carbonyl (C=O) groups is 4. The number of piperazine rings is 2. The fourth-order valence-electron chi connectivity index (χ4n) is 6.73. The number of nitrogens with one attached hydrogen (secondary N) is 1. The Morgan fingerprint density at radius 2 is 1.05 bits per heavy atom. The zero-order valence-electron chi connectivity index (χ0n) is 30.6. The Kier molecular flexibility index (Phi) is 19.6. The Balaban J connectivity index is 0.000000841. The second kappa shape index (κ2) is 21.4. The minimum atomic E-state index is -0.993. The molecule has 6 N–H and O–H groups in total. The van der Waals surface area contributed by atoms with E-state index in [9.17, 15) is 19.2 Å². The number of fused-ring (bicyclic) bond motifs is 4. The second-order valence-corrected chi connectivity index (χ2v) is 15.4. The van der Waals surface area contributed by atoms with Gasteiger partial charge >= 0.3 is 18.2 Å². The van der Waals surface area contributed by atoms with Crippen LogP contribution in [0.1, 0.15) is 130 Å². The van der Waals surface area contributed by atoms with Crippen molar-refractivity contribution in [2.45, 2.75) is 145 Å². The van der Waals surface area contributed by atoms with E-state index in [1.54, 1.807) is 12.1 Å². The molecule has 0 radical (unpaired) electrons. The molecule has 6 rings (SSSR count). The van der Waals surface area contributed by atoms with E-state index in [0.717, 1.165) is 45.2 Å². The average molecular weight is 775 g/mol. The number of rotatable bonds is 2. The molecule has 15 nitrogen and oxygen atoms in total. The molecule has 4 bridgehead atoms. The van der Waals surface area contributed by atoms with Crippen molar-refractivity contribution >= 4 is 35.7 Å². The zero-order valence-corrected chi connectivity index (χ0v) is 30.6. The summed E-state index contributed by atoms with van der Waals surface area (Å²) in [4.78, 5) is 60.9. The van der Waals surface area contributed by atoms with Gasteiger partial charge in [0.05, 0.1) is 23.2 Å². The van der Waals surface area contributed by atoms with Gasteiger partial charge in [0.1, 0.15) is 22.8 Å². The molecule has 3 amide bonds. The number of nitrogen functional groups attached to an aromatic ring is 2. The summed E-state index contributed by atoms with van der Waals surface area (Å²) in [6.07, 6.45) is 8.60. The van der Waals surface area contributed by atoms with Crippen LogP contribution in [0.25, 0.3) is 0 Å². The van der Waals surface area contributed by atoms with Gasteiger partial charge in [-0.2, -0.15) is 0 Å². The monoisotopic (exact) mass is 775 g/mol. The van der Waals surface area contributed by atoms with E-state index in [1.165, 1.54) is 30.9 Å². The lowest BCUT2D eigenvalue weighted by Crippen LogP contribution is -2.64. The molecule has 4 fully saturated rings. The number of nitrogens with zero attached hydrogens (tertiary/aromatic N) is 5. The zero-order chi connectivity index (χ0) is 37.5. The number of carboxylic acids is 1. The van der Waals surface area contributed by atoms with E-state index in [0.29, 0.717) is 42.4 Å². The van der Waals surface area contributed by atoms with Crippen LogP contribution in [0.3, 0.4) is 0 Å². The Bertz CT molecular complexity index is 1470. The highest BCUT2D eigenvalue weighted by Crippen LogP contribution is 2.31. The van der Waals surface area contributed by atoms with Gasteiger partial charge in [0.2, 0.25) is 0 Å². The highest BCUT2D eigenvalue weighted by Gasteiger charge is 2.43. The molecule has 4 aliphatic heterocycles. The predicted octanol–water partition coefficient (Wildman–Crippen LogP) is 6.93. The molecule has 4 saturated heterocycles. The van der Waals surface area contributed by atoms with Crippen molar-refractivity contribution in [3.63, 3.8) is 0 Å². The van der Waals surface area contributed by atoms with E-state index >= 15 is 0 Å². The second-order valence-electron chi connectivity index (χ2n) is 15.4. The van der Waals surface area contributed by atoms with Crippen molar-refractivity contribution in [1.29, 1.82) is 0 Å². The Morgan fingerprint density at radius 1 is 0.673 bits per heavy atom. The summed E-state index contributed by atoms with van der Waals surface area (Å²) in [5.41, 5.74) is 10.6. The van der Waals surface area contributed by atoms with Crippen LogP contribution in [0.5, 0.6) is 0 Å². The van der Waals surface area contributed by atoms with Crippen LogP contribution in [-0.2, 0) is 9.47 Å². The molecular formula is C40H70N8O7. The fourth-order valence-corrected chi connectivity index (χ4v) is 6.73. The first-order valence-corrected chi connectivity index (χ1v) is 17.6. The number of hydrogen-bond acceptors (Lipinski definition) is 11. The Morgan fingerprint density at radius 3 is 1.42 bits per heavy atom. The highest BCUT2D eigenvalue weighted by molar-refractivity contribution is 5.94. The topological polar surface area (TPSA) is 207 Å². The molecule has 4 aliphatic rings. The van der Waals surface area contributed by atoms with Crippen molar-refractivity contribution in [2.75, 3.05) is 37.6 Å². The third-order valence-electron chi connectivity index (χ3n) is 8.91.